The molecule has 0 aliphatic carbocycles. The predicted octanol–water partition coefficient (Wildman–Crippen LogP) is -0.655. The summed E-state index contributed by atoms with van der Waals surface area (Å²) in [4.78, 5) is 0. The zero-order valence-electron chi connectivity index (χ0n) is 2.53. The van der Waals surface area contributed by atoms with E-state index >= 15 is 0 Å². The quantitative estimate of drug-likeness (QED) is 0.426. The van der Waals surface area contributed by atoms with Crippen LogP contribution < -0.4 is 0 Å². The highest BCUT2D eigenvalue weighted by Gasteiger charge is 1.62. The van der Waals surface area contributed by atoms with Crippen LogP contribution in [0.2, 0.25) is 0 Å². The topological polar surface area (TPSA) is 74.6 Å². The second kappa shape index (κ2) is 8.92. The van der Waals surface area contributed by atoms with Crippen LogP contribution in [0.4, 0.5) is 0 Å². The summed E-state index contributed by atoms with van der Waals surface area (Å²) in [6.07, 6.45) is 0. The van der Waals surface area contributed by atoms with Crippen LogP contribution >= 0.6 is 0 Å². The normalized spacial score (nSPS) is 6.50. The van der Waals surface area contributed by atoms with Crippen molar-refractivity contribution in [2.75, 3.05) is 0 Å². The third-order valence-corrected chi connectivity index (χ3v) is 0. The summed E-state index contributed by atoms with van der Waals surface area (Å²) in [5, 5.41) is 0. The van der Waals surface area contributed by atoms with E-state index in [1.807, 2.05) is 0 Å². The van der Waals surface area contributed by atoms with Gasteiger partial charge in [-0.1, -0.05) is 0 Å². The molecule has 0 heterocycles. The Bertz CT molecular complexity index is 36.8. The molecule has 0 radical (unpaired) electrons. The zero-order chi connectivity index (χ0) is 5.58. The fraction of sp³-hybridized carbons (Fsp3) is 0. The molecule has 0 rings (SSSR count). The van der Waals surface area contributed by atoms with Crippen molar-refractivity contribution in [2.24, 2.45) is 0 Å². The van der Waals surface area contributed by atoms with E-state index in [1.165, 1.54) is 0 Å². The van der Waals surface area contributed by atoms with Gasteiger partial charge in [-0.05, 0) is 0 Å². The van der Waals surface area contributed by atoms with Crippen LogP contribution in [-0.2, 0) is 23.9 Å². The maximum Gasteiger partial charge on any atom is 0.299 e. The van der Waals surface area contributed by atoms with Crippen LogP contribution in [0.3, 0.4) is 0 Å². The first-order chi connectivity index (χ1) is 2.73. The zero-order valence-corrected chi connectivity index (χ0v) is 4.16. The molecule has 0 amide bonds. The van der Waals surface area contributed by atoms with Crippen molar-refractivity contribution in [3.05, 3.63) is 0 Å². The Balaban J connectivity index is 0. The molecule has 0 aromatic heterocycles. The van der Waals surface area contributed by atoms with Gasteiger partial charge >= 0.3 is 0 Å². The lowest BCUT2D eigenvalue weighted by Gasteiger charge is -1.59. The number of rotatable bonds is 0. The summed E-state index contributed by atoms with van der Waals surface area (Å²) in [7, 11) is 0. The Morgan fingerprint density at radius 3 is 1.33 bits per heavy atom. The Morgan fingerprint density at radius 2 is 1.33 bits per heavy atom. The van der Waals surface area contributed by atoms with Crippen LogP contribution in [-0.4, -0.2) is 17.5 Å². The molecule has 0 atom stereocenters. The van der Waals surface area contributed by atoms with E-state index in [0.717, 1.165) is 0 Å². The Hall–Kier alpha value is 0.0900. The molecule has 0 aromatic rings. The smallest absolute Gasteiger partial charge is 0.284 e. The Kier molecular flexibility index (Phi) is 14.0. The van der Waals surface area contributed by atoms with Gasteiger partial charge in [0.2, 0.25) is 0 Å². The van der Waals surface area contributed by atoms with Crippen LogP contribution in [0.15, 0.2) is 0 Å². The molecular formula is H2O4S2. The van der Waals surface area contributed by atoms with Crippen molar-refractivity contribution in [3.63, 3.8) is 0 Å². The molecule has 0 bridgehead atoms. The van der Waals surface area contributed by atoms with Gasteiger partial charge in [0, 0.05) is 0 Å². The lowest BCUT2D eigenvalue weighted by atomic mass is 15.8. The molecule has 4 nitrogen and oxygen atoms in total. The van der Waals surface area contributed by atoms with E-state index in [0.29, 0.717) is 0 Å². The SMILES string of the molecule is O=S.O=S(O)O. The fourth-order valence-electron chi connectivity index (χ4n) is 0. The molecule has 2 N–H and O–H groups in total. The van der Waals surface area contributed by atoms with Gasteiger partial charge in [0.15, 0.2) is 12.5 Å². The Morgan fingerprint density at radius 1 is 1.33 bits per heavy atom. The second-order valence-electron chi connectivity index (χ2n) is 0.231. The first-order valence-electron chi connectivity index (χ1n) is 0.698. The minimum atomic E-state index is -2.61. The Labute approximate surface area is 42.2 Å². The maximum absolute atomic E-state index is 8.67. The van der Waals surface area contributed by atoms with Gasteiger partial charge in [0.25, 0.3) is 11.4 Å². The average Bonchev–Trinajstić information content (AvgIpc) is 1.41. The molecular weight excluding hydrogens is 128 g/mol. The van der Waals surface area contributed by atoms with Gasteiger partial charge < -0.3 is 0 Å². The lowest BCUT2D eigenvalue weighted by Crippen LogP contribution is -1.74. The third-order valence-electron chi connectivity index (χ3n) is 0. The first-order valence-corrected chi connectivity index (χ1v) is 2.10. The van der Waals surface area contributed by atoms with Gasteiger partial charge in [0.1, 0.15) is 0 Å². The summed E-state index contributed by atoms with van der Waals surface area (Å²) in [5.41, 5.74) is 0. The summed E-state index contributed by atoms with van der Waals surface area (Å²) in [6.45, 7) is 0. The average molecular weight is 130 g/mol. The van der Waals surface area contributed by atoms with E-state index in [4.69, 9.17) is 17.5 Å². The molecule has 0 fully saturated rings. The van der Waals surface area contributed by atoms with E-state index in [2.05, 4.69) is 12.5 Å². The van der Waals surface area contributed by atoms with Crippen molar-refractivity contribution in [2.45, 2.75) is 0 Å². The van der Waals surface area contributed by atoms with Crippen molar-refractivity contribution < 1.29 is 17.5 Å². The highest BCUT2D eigenvalue weighted by atomic mass is 32.2. The van der Waals surface area contributed by atoms with Crippen LogP contribution in [0.25, 0.3) is 0 Å². The van der Waals surface area contributed by atoms with Gasteiger partial charge in [-0.3, -0.25) is 9.11 Å². The molecule has 0 aromatic carbocycles. The van der Waals surface area contributed by atoms with Gasteiger partial charge in [-0.2, -0.15) is 8.42 Å². The molecule has 0 spiro atoms. The van der Waals surface area contributed by atoms with Gasteiger partial charge in [-0.15, -0.1) is 0 Å². The minimum Gasteiger partial charge on any atom is -0.284 e. The monoisotopic (exact) mass is 130 g/mol. The molecule has 0 aliphatic rings. The van der Waals surface area contributed by atoms with Crippen LogP contribution in [0.1, 0.15) is 0 Å². The summed E-state index contributed by atoms with van der Waals surface area (Å²) in [5.74, 6) is 0. The van der Waals surface area contributed by atoms with E-state index in [9.17, 15) is 0 Å². The molecule has 6 heteroatoms. The third kappa shape index (κ3) is 4820. The fourth-order valence-corrected chi connectivity index (χ4v) is 0. The highest BCUT2D eigenvalue weighted by Crippen LogP contribution is 1.44. The first kappa shape index (κ1) is 9.43. The van der Waals surface area contributed by atoms with Crippen LogP contribution in [0.5, 0.6) is 0 Å². The maximum atomic E-state index is 8.67. The molecule has 0 saturated carbocycles. The van der Waals surface area contributed by atoms with Gasteiger partial charge in [0.05, 0.1) is 0 Å². The molecule has 38 valence electrons. The summed E-state index contributed by atoms with van der Waals surface area (Å²) < 4.78 is 30.7. The predicted molar refractivity (Wildman–Crippen MR) is 21.5 cm³/mol. The lowest BCUT2D eigenvalue weighted by molar-refractivity contribution is 0.454. The standard InChI is InChI=1S/H2O3S.OS/c1-4(2)3;1-2/h(H2,1,2,3);. The summed E-state index contributed by atoms with van der Waals surface area (Å²) >= 11 is 0.222. The van der Waals surface area contributed by atoms with Crippen molar-refractivity contribution in [1.82, 2.24) is 0 Å². The van der Waals surface area contributed by atoms with Crippen molar-refractivity contribution >= 4 is 23.9 Å². The van der Waals surface area contributed by atoms with Crippen molar-refractivity contribution in [1.29, 1.82) is 0 Å². The second-order valence-corrected chi connectivity index (χ2v) is 0.692. The number of hydrogen-bond donors (Lipinski definition) is 2. The van der Waals surface area contributed by atoms with Crippen LogP contribution in [0, 0.1) is 0 Å². The molecule has 0 saturated heterocycles. The van der Waals surface area contributed by atoms with E-state index < -0.39 is 11.4 Å². The molecule has 6 heavy (non-hydrogen) atoms. The van der Waals surface area contributed by atoms with Gasteiger partial charge in [-0.25, -0.2) is 0 Å². The molecule has 0 unspecified atom stereocenters. The largest absolute Gasteiger partial charge is 0.299 e. The van der Waals surface area contributed by atoms with Crippen molar-refractivity contribution in [3.8, 4) is 0 Å². The number of hydrogen-bond acceptors (Lipinski definition) is 3. The molecule has 0 aliphatic heterocycles. The summed E-state index contributed by atoms with van der Waals surface area (Å²) in [6, 6.07) is 0. The minimum absolute atomic E-state index is 2.61. The van der Waals surface area contributed by atoms with E-state index in [1.54, 1.807) is 0 Å². The highest BCUT2D eigenvalue weighted by molar-refractivity contribution is 7.73. The van der Waals surface area contributed by atoms with E-state index in [-0.39, 0.29) is 0 Å².